The van der Waals surface area contributed by atoms with Crippen molar-refractivity contribution in [1.29, 1.82) is 0 Å². The molecule has 3 N–H and O–H groups in total. The minimum atomic E-state index is -0.786. The molecule has 0 spiro atoms. The summed E-state index contributed by atoms with van der Waals surface area (Å²) in [5.41, 5.74) is 2.53. The Labute approximate surface area is 205 Å². The number of hydrogen-bond donors (Lipinski definition) is 3. The Bertz CT molecular complexity index is 783. The van der Waals surface area contributed by atoms with Gasteiger partial charge in [-0.15, -0.1) is 0 Å². The fourth-order valence-corrected chi connectivity index (χ4v) is 2.31. The molecule has 7 heteroatoms. The fourth-order valence-electron chi connectivity index (χ4n) is 2.31. The molecule has 0 heterocycles. The minimum absolute atomic E-state index is 0. The van der Waals surface area contributed by atoms with Crippen LogP contribution in [-0.2, 0) is 33.6 Å². The molecule has 0 saturated carbocycles. The second kappa shape index (κ2) is 16.8. The largest absolute Gasteiger partial charge is 1.00 e. The Morgan fingerprint density at radius 1 is 0.484 bits per heavy atom. The minimum Gasteiger partial charge on any atom is -1.00 e. The van der Waals surface area contributed by atoms with Gasteiger partial charge >= 0.3 is 47.5 Å². The molecule has 0 atom stereocenters. The molecular weight excluding hydrogens is 407 g/mol. The van der Waals surface area contributed by atoms with Crippen LogP contribution < -0.4 is 29.6 Å². The van der Waals surface area contributed by atoms with E-state index in [1.54, 1.807) is 36.4 Å². The number of rotatable bonds is 6. The van der Waals surface area contributed by atoms with Crippen molar-refractivity contribution < 1.29 is 60.7 Å². The summed E-state index contributed by atoms with van der Waals surface area (Å²) in [6.07, 6.45) is 0.336. The standard InChI is InChI=1S/3C8H8O2.Na.H/c3*9-8(10)6-7-4-2-1-3-5-7;;/h3*1-5H,6H2,(H,9,10);;/q;;;+1;-1. The van der Waals surface area contributed by atoms with Crippen LogP contribution in [0.4, 0.5) is 0 Å². The molecule has 3 aromatic carbocycles. The zero-order valence-corrected chi connectivity index (χ0v) is 19.3. The van der Waals surface area contributed by atoms with Gasteiger partial charge < -0.3 is 16.7 Å². The average Bonchev–Trinajstić information content (AvgIpc) is 2.70. The van der Waals surface area contributed by atoms with Crippen LogP contribution in [0.1, 0.15) is 18.1 Å². The van der Waals surface area contributed by atoms with E-state index in [0.717, 1.165) is 16.7 Å². The van der Waals surface area contributed by atoms with Gasteiger partial charge in [0.25, 0.3) is 0 Å². The molecule has 0 saturated heterocycles. The normalized spacial score (nSPS) is 8.90. The molecule has 0 unspecified atom stereocenters. The SMILES string of the molecule is O=C(O)Cc1ccccc1.O=C(O)Cc1ccccc1.O=C(O)Cc1ccccc1.[H-].[Na+]. The molecule has 0 radical (unpaired) electrons. The zero-order valence-electron chi connectivity index (χ0n) is 18.3. The summed E-state index contributed by atoms with van der Waals surface area (Å²) in [6.45, 7) is 0. The van der Waals surface area contributed by atoms with E-state index in [9.17, 15) is 14.4 Å². The monoisotopic (exact) mass is 432 g/mol. The third-order valence-electron chi connectivity index (χ3n) is 3.59. The van der Waals surface area contributed by atoms with Gasteiger partial charge in [0, 0.05) is 0 Å². The second-order valence-corrected chi connectivity index (χ2v) is 6.17. The molecule has 0 aliphatic carbocycles. The summed E-state index contributed by atoms with van der Waals surface area (Å²) in [7, 11) is 0. The summed E-state index contributed by atoms with van der Waals surface area (Å²) in [5.74, 6) is -2.36. The van der Waals surface area contributed by atoms with Crippen molar-refractivity contribution in [1.82, 2.24) is 0 Å². The van der Waals surface area contributed by atoms with Crippen LogP contribution in [0.15, 0.2) is 91.0 Å². The van der Waals surface area contributed by atoms with Gasteiger partial charge in [0.2, 0.25) is 0 Å². The number of benzene rings is 3. The first-order valence-corrected chi connectivity index (χ1v) is 9.14. The molecule has 158 valence electrons. The first-order valence-electron chi connectivity index (χ1n) is 9.14. The summed E-state index contributed by atoms with van der Waals surface area (Å²) in [5, 5.41) is 25.1. The molecule has 3 rings (SSSR count). The van der Waals surface area contributed by atoms with Crippen LogP contribution in [0.2, 0.25) is 0 Å². The van der Waals surface area contributed by atoms with Crippen LogP contribution in [0, 0.1) is 0 Å². The van der Waals surface area contributed by atoms with Crippen molar-refractivity contribution in [3.8, 4) is 0 Å². The first-order chi connectivity index (χ1) is 14.4. The quantitative estimate of drug-likeness (QED) is 0.502. The first kappa shape index (κ1) is 28.1. The molecule has 0 fully saturated rings. The molecule has 31 heavy (non-hydrogen) atoms. The number of hydrogen-bond acceptors (Lipinski definition) is 3. The number of carboxylic acids is 3. The van der Waals surface area contributed by atoms with Crippen molar-refractivity contribution in [3.05, 3.63) is 108 Å². The third-order valence-corrected chi connectivity index (χ3v) is 3.59. The van der Waals surface area contributed by atoms with E-state index in [0.29, 0.717) is 0 Å². The van der Waals surface area contributed by atoms with Crippen LogP contribution >= 0.6 is 0 Å². The molecule has 0 bridgehead atoms. The zero-order chi connectivity index (χ0) is 22.2. The van der Waals surface area contributed by atoms with Crippen molar-refractivity contribution >= 4 is 17.9 Å². The maximum absolute atomic E-state index is 10.2. The average molecular weight is 432 g/mol. The van der Waals surface area contributed by atoms with Gasteiger partial charge in [-0.3, -0.25) is 14.4 Å². The summed E-state index contributed by atoms with van der Waals surface area (Å²) in [4.78, 5) is 30.5. The topological polar surface area (TPSA) is 112 Å². The predicted molar refractivity (Wildman–Crippen MR) is 114 cm³/mol. The van der Waals surface area contributed by atoms with E-state index in [2.05, 4.69) is 0 Å². The summed E-state index contributed by atoms with van der Waals surface area (Å²) in [6, 6.07) is 27.4. The van der Waals surface area contributed by atoms with Crippen LogP contribution in [0.25, 0.3) is 0 Å². The Morgan fingerprint density at radius 2 is 0.677 bits per heavy atom. The van der Waals surface area contributed by atoms with E-state index in [1.165, 1.54) is 0 Å². The van der Waals surface area contributed by atoms with Crippen molar-refractivity contribution in [2.45, 2.75) is 19.3 Å². The Kier molecular flexibility index (Phi) is 15.2. The van der Waals surface area contributed by atoms with Crippen molar-refractivity contribution in [2.24, 2.45) is 0 Å². The van der Waals surface area contributed by atoms with Gasteiger partial charge in [-0.2, -0.15) is 0 Å². The molecule has 3 aromatic rings. The maximum atomic E-state index is 10.2. The second-order valence-electron chi connectivity index (χ2n) is 6.17. The predicted octanol–water partition coefficient (Wildman–Crippen LogP) is 1.06. The van der Waals surface area contributed by atoms with Gasteiger partial charge in [-0.25, -0.2) is 0 Å². The van der Waals surface area contributed by atoms with E-state index >= 15 is 0 Å². The molecule has 0 aliphatic heterocycles. The number of carboxylic acid groups (broad SMARTS) is 3. The van der Waals surface area contributed by atoms with Crippen LogP contribution in [0.3, 0.4) is 0 Å². The Hall–Kier alpha value is -2.93. The van der Waals surface area contributed by atoms with Gasteiger partial charge in [-0.1, -0.05) is 91.0 Å². The molecule has 0 aromatic heterocycles. The van der Waals surface area contributed by atoms with Crippen LogP contribution in [0.5, 0.6) is 0 Å². The van der Waals surface area contributed by atoms with Crippen molar-refractivity contribution in [3.63, 3.8) is 0 Å². The van der Waals surface area contributed by atoms with Gasteiger partial charge in [0.05, 0.1) is 19.3 Å². The molecular formula is C24H25NaO6. The molecule has 0 amide bonds. The summed E-state index contributed by atoms with van der Waals surface area (Å²) < 4.78 is 0. The van der Waals surface area contributed by atoms with E-state index in [1.807, 2.05) is 54.6 Å². The van der Waals surface area contributed by atoms with Crippen molar-refractivity contribution in [2.75, 3.05) is 0 Å². The molecule has 6 nitrogen and oxygen atoms in total. The smallest absolute Gasteiger partial charge is 1.00 e. The van der Waals surface area contributed by atoms with E-state index in [-0.39, 0.29) is 50.2 Å². The maximum Gasteiger partial charge on any atom is 1.00 e. The van der Waals surface area contributed by atoms with Gasteiger partial charge in [0.1, 0.15) is 0 Å². The van der Waals surface area contributed by atoms with E-state index in [4.69, 9.17) is 15.3 Å². The fraction of sp³-hybridized carbons (Fsp3) is 0.125. The Morgan fingerprint density at radius 3 is 0.839 bits per heavy atom. The van der Waals surface area contributed by atoms with E-state index < -0.39 is 17.9 Å². The molecule has 0 aliphatic rings. The van der Waals surface area contributed by atoms with Crippen LogP contribution in [-0.4, -0.2) is 33.2 Å². The third kappa shape index (κ3) is 15.6. The summed E-state index contributed by atoms with van der Waals surface area (Å²) >= 11 is 0. The number of aliphatic carboxylic acids is 3. The van der Waals surface area contributed by atoms with Gasteiger partial charge in [0.15, 0.2) is 0 Å². The Balaban J connectivity index is 0. The number of carbonyl (C=O) groups is 3. The van der Waals surface area contributed by atoms with Gasteiger partial charge in [-0.05, 0) is 16.7 Å².